The van der Waals surface area contributed by atoms with Gasteiger partial charge >= 0.3 is 0 Å². The quantitative estimate of drug-likeness (QED) is 0.856. The molecule has 1 unspecified atom stereocenters. The molecule has 1 aromatic rings. The highest BCUT2D eigenvalue weighted by Gasteiger charge is 2.20. The molecule has 0 aromatic heterocycles. The summed E-state index contributed by atoms with van der Waals surface area (Å²) in [6, 6.07) is 6.75. The second kappa shape index (κ2) is 7.53. The number of hydrogen-bond acceptors (Lipinski definition) is 3. The van der Waals surface area contributed by atoms with E-state index in [0.717, 1.165) is 18.7 Å². The molecule has 3 heteroatoms. The third-order valence-electron chi connectivity index (χ3n) is 4.09. The van der Waals surface area contributed by atoms with E-state index >= 15 is 0 Å². The minimum absolute atomic E-state index is 0.322. The summed E-state index contributed by atoms with van der Waals surface area (Å²) < 4.78 is 5.61. The topological polar surface area (TPSA) is 24.5 Å². The minimum Gasteiger partial charge on any atom is -0.496 e. The van der Waals surface area contributed by atoms with Crippen molar-refractivity contribution in [1.82, 2.24) is 5.32 Å². The van der Waals surface area contributed by atoms with Gasteiger partial charge in [0.25, 0.3) is 0 Å². The Bertz CT molecular complexity index is 413. The molecule has 0 radical (unpaired) electrons. The van der Waals surface area contributed by atoms with Gasteiger partial charge in [-0.1, -0.05) is 13.0 Å². The van der Waals surface area contributed by atoms with Gasteiger partial charge in [-0.2, -0.15) is 0 Å². The van der Waals surface area contributed by atoms with Gasteiger partial charge in [-0.15, -0.1) is 0 Å². The molecule has 20 heavy (non-hydrogen) atoms. The van der Waals surface area contributed by atoms with Crippen LogP contribution in [0.25, 0.3) is 0 Å². The summed E-state index contributed by atoms with van der Waals surface area (Å²) in [7, 11) is 1.77. The number of rotatable bonds is 6. The van der Waals surface area contributed by atoms with Crippen LogP contribution in [0, 0.1) is 0 Å². The molecule has 1 heterocycles. The van der Waals surface area contributed by atoms with Gasteiger partial charge in [0.1, 0.15) is 5.75 Å². The Hall–Kier alpha value is -1.22. The highest BCUT2D eigenvalue weighted by atomic mass is 16.5. The Morgan fingerprint density at radius 2 is 2.00 bits per heavy atom. The first-order valence-corrected chi connectivity index (χ1v) is 7.93. The van der Waals surface area contributed by atoms with Gasteiger partial charge in [0, 0.05) is 30.4 Å². The summed E-state index contributed by atoms with van der Waals surface area (Å²) in [6.45, 7) is 7.81. The van der Waals surface area contributed by atoms with Crippen molar-refractivity contribution in [3.05, 3.63) is 23.8 Å². The van der Waals surface area contributed by atoms with Crippen molar-refractivity contribution in [2.24, 2.45) is 0 Å². The lowest BCUT2D eigenvalue weighted by molar-refractivity contribution is 0.401. The second-order valence-corrected chi connectivity index (χ2v) is 5.62. The summed E-state index contributed by atoms with van der Waals surface area (Å²) in [5, 5.41) is 3.60. The van der Waals surface area contributed by atoms with Gasteiger partial charge in [-0.25, -0.2) is 0 Å². The molecule has 112 valence electrons. The molecular formula is C17H28N2O. The van der Waals surface area contributed by atoms with Gasteiger partial charge in [0.15, 0.2) is 0 Å². The fraction of sp³-hybridized carbons (Fsp3) is 0.647. The van der Waals surface area contributed by atoms with Gasteiger partial charge in [-0.3, -0.25) is 0 Å². The zero-order chi connectivity index (χ0) is 14.4. The zero-order valence-electron chi connectivity index (χ0n) is 13.1. The molecule has 0 amide bonds. The van der Waals surface area contributed by atoms with Gasteiger partial charge in [0.05, 0.1) is 7.11 Å². The summed E-state index contributed by atoms with van der Waals surface area (Å²) in [6.07, 6.45) is 5.11. The lowest BCUT2D eigenvalue weighted by Crippen LogP contribution is -2.31. The molecule has 3 nitrogen and oxygen atoms in total. The van der Waals surface area contributed by atoms with E-state index in [4.69, 9.17) is 4.74 Å². The molecule has 1 atom stereocenters. The number of hydrogen-bond donors (Lipinski definition) is 1. The molecular weight excluding hydrogens is 248 g/mol. The van der Waals surface area contributed by atoms with E-state index in [0.29, 0.717) is 6.04 Å². The lowest BCUT2D eigenvalue weighted by atomic mass is 10.0. The minimum atomic E-state index is 0.322. The van der Waals surface area contributed by atoms with Crippen LogP contribution >= 0.6 is 0 Å². The Balaban J connectivity index is 2.29. The summed E-state index contributed by atoms with van der Waals surface area (Å²) in [5.74, 6) is 1.00. The maximum absolute atomic E-state index is 5.61. The van der Waals surface area contributed by atoms with Crippen LogP contribution in [0.2, 0.25) is 0 Å². The molecule has 1 aliphatic rings. The van der Waals surface area contributed by atoms with E-state index in [2.05, 4.69) is 42.3 Å². The monoisotopic (exact) mass is 276 g/mol. The van der Waals surface area contributed by atoms with Crippen LogP contribution in [0.5, 0.6) is 5.75 Å². The molecule has 0 bridgehead atoms. The van der Waals surface area contributed by atoms with E-state index in [9.17, 15) is 0 Å². The predicted octanol–water partition coefficient (Wildman–Crippen LogP) is 3.75. The van der Waals surface area contributed by atoms with Crippen molar-refractivity contribution in [2.45, 2.75) is 45.6 Å². The highest BCUT2D eigenvalue weighted by molar-refractivity contribution is 5.61. The van der Waals surface area contributed by atoms with Crippen LogP contribution in [-0.4, -0.2) is 26.7 Å². The normalized spacial score (nSPS) is 17.1. The zero-order valence-corrected chi connectivity index (χ0v) is 13.1. The molecule has 0 spiro atoms. The van der Waals surface area contributed by atoms with Gasteiger partial charge < -0.3 is 15.0 Å². The third kappa shape index (κ3) is 3.45. The summed E-state index contributed by atoms with van der Waals surface area (Å²) >= 11 is 0. The number of nitrogens with one attached hydrogen (secondary N) is 1. The van der Waals surface area contributed by atoms with Crippen molar-refractivity contribution < 1.29 is 4.74 Å². The number of ether oxygens (including phenoxy) is 1. The van der Waals surface area contributed by atoms with Crippen molar-refractivity contribution in [3.63, 3.8) is 0 Å². The molecule has 2 rings (SSSR count). The first kappa shape index (κ1) is 15.2. The molecule has 1 aromatic carbocycles. The Morgan fingerprint density at radius 1 is 1.25 bits per heavy atom. The highest BCUT2D eigenvalue weighted by Crippen LogP contribution is 2.35. The van der Waals surface area contributed by atoms with E-state index in [1.807, 2.05) is 0 Å². The van der Waals surface area contributed by atoms with Crippen molar-refractivity contribution in [3.8, 4) is 5.75 Å². The molecule has 1 saturated heterocycles. The number of benzene rings is 1. The van der Waals surface area contributed by atoms with Crippen LogP contribution in [0.1, 0.15) is 51.1 Å². The van der Waals surface area contributed by atoms with Crippen molar-refractivity contribution in [1.29, 1.82) is 0 Å². The van der Waals surface area contributed by atoms with Gasteiger partial charge in [-0.05, 0) is 51.3 Å². The molecule has 0 saturated carbocycles. The predicted molar refractivity (Wildman–Crippen MR) is 85.8 cm³/mol. The largest absolute Gasteiger partial charge is 0.496 e. The lowest BCUT2D eigenvalue weighted by Gasteiger charge is -2.33. The van der Waals surface area contributed by atoms with Crippen LogP contribution in [0.3, 0.4) is 0 Å². The average molecular weight is 276 g/mol. The fourth-order valence-electron chi connectivity index (χ4n) is 3.02. The smallest absolute Gasteiger partial charge is 0.125 e. The van der Waals surface area contributed by atoms with E-state index in [-0.39, 0.29) is 0 Å². The van der Waals surface area contributed by atoms with Crippen molar-refractivity contribution >= 4 is 5.69 Å². The number of nitrogens with zero attached hydrogens (tertiary/aromatic N) is 1. The summed E-state index contributed by atoms with van der Waals surface area (Å²) in [5.41, 5.74) is 2.66. The number of methoxy groups -OCH3 is 1. The molecule has 1 N–H and O–H groups in total. The maximum Gasteiger partial charge on any atom is 0.125 e. The fourth-order valence-corrected chi connectivity index (χ4v) is 3.02. The van der Waals surface area contributed by atoms with E-state index < -0.39 is 0 Å². The SMILES string of the molecule is CCCNC(C)c1c(OC)cccc1N1CCCCC1. The van der Waals surface area contributed by atoms with E-state index in [1.165, 1.54) is 43.6 Å². The standard InChI is InChI=1S/C17H28N2O/c1-4-11-18-14(2)17-15(9-8-10-16(17)20-3)19-12-6-5-7-13-19/h8-10,14,18H,4-7,11-13H2,1-3H3. The number of piperidine rings is 1. The maximum atomic E-state index is 5.61. The van der Waals surface area contributed by atoms with Crippen LogP contribution in [-0.2, 0) is 0 Å². The Morgan fingerprint density at radius 3 is 2.65 bits per heavy atom. The van der Waals surface area contributed by atoms with Crippen molar-refractivity contribution in [2.75, 3.05) is 31.6 Å². The average Bonchev–Trinajstić information content (AvgIpc) is 2.52. The molecule has 1 fully saturated rings. The first-order chi connectivity index (χ1) is 9.77. The Kier molecular flexibility index (Phi) is 5.72. The second-order valence-electron chi connectivity index (χ2n) is 5.62. The van der Waals surface area contributed by atoms with Gasteiger partial charge in [0.2, 0.25) is 0 Å². The van der Waals surface area contributed by atoms with Crippen LogP contribution < -0.4 is 15.0 Å². The van der Waals surface area contributed by atoms with Crippen LogP contribution in [0.4, 0.5) is 5.69 Å². The van der Waals surface area contributed by atoms with E-state index in [1.54, 1.807) is 7.11 Å². The first-order valence-electron chi connectivity index (χ1n) is 7.93. The molecule has 0 aliphatic carbocycles. The molecule has 1 aliphatic heterocycles. The Labute approximate surface area is 123 Å². The van der Waals surface area contributed by atoms with Crippen LogP contribution in [0.15, 0.2) is 18.2 Å². The summed E-state index contributed by atoms with van der Waals surface area (Å²) in [4.78, 5) is 2.52. The third-order valence-corrected chi connectivity index (χ3v) is 4.09. The number of anilines is 1.